The molecule has 0 aliphatic carbocycles. The summed E-state index contributed by atoms with van der Waals surface area (Å²) in [5.74, 6) is 1.24. The smallest absolute Gasteiger partial charge is 0.292 e. The summed E-state index contributed by atoms with van der Waals surface area (Å²) < 4.78 is 2.51. The molecule has 1 aromatic carbocycles. The summed E-state index contributed by atoms with van der Waals surface area (Å²) in [5.41, 5.74) is 0.992. The Morgan fingerprint density at radius 1 is 1.20 bits per heavy atom. The molecule has 6 heteroatoms. The molecule has 20 heavy (non-hydrogen) atoms. The fraction of sp³-hybridized carbons (Fsp3) is 0.571. The molecule has 1 aromatic rings. The van der Waals surface area contributed by atoms with Crippen LogP contribution >= 0.6 is 11.9 Å². The zero-order chi connectivity index (χ0) is 13.9. The van der Waals surface area contributed by atoms with Gasteiger partial charge in [0.05, 0.1) is 4.92 Å². The molecule has 0 aromatic heterocycles. The third kappa shape index (κ3) is 2.76. The Morgan fingerprint density at radius 2 is 1.95 bits per heavy atom. The van der Waals surface area contributed by atoms with Crippen molar-refractivity contribution in [3.05, 3.63) is 34.4 Å². The number of nitro groups is 1. The molecule has 3 rings (SSSR count). The molecule has 108 valence electrons. The van der Waals surface area contributed by atoms with Crippen LogP contribution in [-0.2, 0) is 0 Å². The van der Waals surface area contributed by atoms with Gasteiger partial charge in [0.15, 0.2) is 0 Å². The van der Waals surface area contributed by atoms with Gasteiger partial charge in [-0.1, -0.05) is 24.1 Å². The van der Waals surface area contributed by atoms with Crippen LogP contribution in [0.15, 0.2) is 24.3 Å². The number of nitro benzene ring substituents is 1. The lowest BCUT2D eigenvalue weighted by Crippen LogP contribution is -2.41. The van der Waals surface area contributed by atoms with Gasteiger partial charge in [0.2, 0.25) is 0 Å². The van der Waals surface area contributed by atoms with E-state index in [-0.39, 0.29) is 10.6 Å². The van der Waals surface area contributed by atoms with E-state index < -0.39 is 0 Å². The van der Waals surface area contributed by atoms with Gasteiger partial charge in [-0.2, -0.15) is 0 Å². The van der Waals surface area contributed by atoms with Gasteiger partial charge in [0, 0.05) is 37.5 Å². The lowest BCUT2D eigenvalue weighted by molar-refractivity contribution is -0.384. The molecule has 0 unspecified atom stereocenters. The summed E-state index contributed by atoms with van der Waals surface area (Å²) in [5, 5.41) is 11.1. The third-order valence-electron chi connectivity index (χ3n) is 4.07. The Morgan fingerprint density at radius 3 is 2.60 bits per heavy atom. The second kappa shape index (κ2) is 6.01. The molecule has 0 radical (unpaired) electrons. The van der Waals surface area contributed by atoms with Crippen LogP contribution in [0, 0.1) is 10.1 Å². The maximum Gasteiger partial charge on any atom is 0.292 e. The molecule has 5 nitrogen and oxygen atoms in total. The highest BCUT2D eigenvalue weighted by atomic mass is 32.2. The van der Waals surface area contributed by atoms with Gasteiger partial charge < -0.3 is 4.90 Å². The lowest BCUT2D eigenvalue weighted by Gasteiger charge is -2.36. The van der Waals surface area contributed by atoms with Gasteiger partial charge in [-0.3, -0.25) is 10.1 Å². The molecule has 0 saturated carbocycles. The fourth-order valence-corrected chi connectivity index (χ4v) is 4.21. The average Bonchev–Trinajstić information content (AvgIpc) is 3.02. The van der Waals surface area contributed by atoms with E-state index in [0.29, 0.717) is 6.04 Å². The van der Waals surface area contributed by atoms with E-state index in [1.807, 2.05) is 24.1 Å². The van der Waals surface area contributed by atoms with E-state index in [1.54, 1.807) is 12.1 Å². The maximum absolute atomic E-state index is 11.1. The van der Waals surface area contributed by atoms with E-state index in [0.717, 1.165) is 31.6 Å². The Kier molecular flexibility index (Phi) is 4.12. The number of hydrogen-bond acceptors (Lipinski definition) is 5. The van der Waals surface area contributed by atoms with Crippen LogP contribution in [0.3, 0.4) is 0 Å². The van der Waals surface area contributed by atoms with Crippen LogP contribution in [-0.4, -0.2) is 40.7 Å². The topological polar surface area (TPSA) is 49.6 Å². The molecule has 2 heterocycles. The minimum atomic E-state index is -0.280. The molecule has 0 N–H and O–H groups in total. The van der Waals surface area contributed by atoms with E-state index >= 15 is 0 Å². The summed E-state index contributed by atoms with van der Waals surface area (Å²) in [4.78, 5) is 13.0. The zero-order valence-electron chi connectivity index (χ0n) is 11.4. The summed E-state index contributed by atoms with van der Waals surface area (Å²) in [6, 6.07) is 7.71. The standard InChI is InChI=1S/C14H19N3O2S/c18-17(19)14-5-2-1-4-13(14)15-9-6-12(7-10-15)16-8-3-11-20-16/h1-2,4-5,12H,3,6-11H2. The van der Waals surface area contributed by atoms with Gasteiger partial charge in [0.1, 0.15) is 5.69 Å². The number of nitrogens with zero attached hydrogens (tertiary/aromatic N) is 3. The molecule has 0 atom stereocenters. The van der Waals surface area contributed by atoms with E-state index in [9.17, 15) is 10.1 Å². The molecule has 2 fully saturated rings. The first-order valence-corrected chi connectivity index (χ1v) is 8.08. The minimum absolute atomic E-state index is 0.224. The van der Waals surface area contributed by atoms with Crippen molar-refractivity contribution in [3.63, 3.8) is 0 Å². The fourth-order valence-electron chi connectivity index (χ4n) is 3.04. The number of piperidine rings is 1. The summed E-state index contributed by atoms with van der Waals surface area (Å²) >= 11 is 1.96. The lowest BCUT2D eigenvalue weighted by atomic mass is 10.0. The summed E-state index contributed by atoms with van der Waals surface area (Å²) in [6.07, 6.45) is 3.48. The van der Waals surface area contributed by atoms with Crippen LogP contribution in [0.1, 0.15) is 19.3 Å². The molecular formula is C14H19N3O2S. The Hall–Kier alpha value is -1.27. The number of rotatable bonds is 3. The third-order valence-corrected chi connectivity index (χ3v) is 5.35. The quantitative estimate of drug-likeness (QED) is 0.487. The van der Waals surface area contributed by atoms with Crippen molar-refractivity contribution in [3.8, 4) is 0 Å². The van der Waals surface area contributed by atoms with Gasteiger partial charge in [0.25, 0.3) is 5.69 Å². The van der Waals surface area contributed by atoms with E-state index in [2.05, 4.69) is 9.21 Å². The second-order valence-electron chi connectivity index (χ2n) is 5.29. The summed E-state index contributed by atoms with van der Waals surface area (Å²) in [7, 11) is 0. The van der Waals surface area contributed by atoms with Crippen molar-refractivity contribution in [2.24, 2.45) is 0 Å². The first kappa shape index (κ1) is 13.7. The first-order valence-electron chi connectivity index (χ1n) is 7.13. The monoisotopic (exact) mass is 293 g/mol. The molecule has 2 saturated heterocycles. The van der Waals surface area contributed by atoms with Crippen molar-refractivity contribution >= 4 is 23.3 Å². The van der Waals surface area contributed by atoms with E-state index in [1.165, 1.54) is 18.7 Å². The number of benzene rings is 1. The SMILES string of the molecule is O=[N+]([O-])c1ccccc1N1CCC(N2CCCS2)CC1. The van der Waals surface area contributed by atoms with E-state index in [4.69, 9.17) is 0 Å². The molecule has 0 spiro atoms. The average molecular weight is 293 g/mol. The van der Waals surface area contributed by atoms with Crippen LogP contribution in [0.25, 0.3) is 0 Å². The molecule has 0 amide bonds. The Bertz CT molecular complexity index is 483. The van der Waals surface area contributed by atoms with Gasteiger partial charge in [-0.25, -0.2) is 4.31 Å². The normalized spacial score (nSPS) is 21.3. The molecular weight excluding hydrogens is 274 g/mol. The van der Waals surface area contributed by atoms with Gasteiger partial charge >= 0.3 is 0 Å². The predicted octanol–water partition coefficient (Wildman–Crippen LogP) is 2.92. The number of anilines is 1. The Labute approximate surface area is 123 Å². The van der Waals surface area contributed by atoms with Crippen molar-refractivity contribution in [1.82, 2.24) is 4.31 Å². The van der Waals surface area contributed by atoms with Crippen LogP contribution < -0.4 is 4.90 Å². The minimum Gasteiger partial charge on any atom is -0.366 e. The summed E-state index contributed by atoms with van der Waals surface area (Å²) in [6.45, 7) is 3.01. The number of para-hydroxylation sites is 2. The highest BCUT2D eigenvalue weighted by Crippen LogP contribution is 2.33. The highest BCUT2D eigenvalue weighted by molar-refractivity contribution is 7.97. The number of hydrogen-bond donors (Lipinski definition) is 0. The second-order valence-corrected chi connectivity index (χ2v) is 6.43. The van der Waals surface area contributed by atoms with Crippen molar-refractivity contribution in [2.75, 3.05) is 30.3 Å². The molecule has 0 bridgehead atoms. The van der Waals surface area contributed by atoms with Crippen molar-refractivity contribution in [2.45, 2.75) is 25.3 Å². The van der Waals surface area contributed by atoms with Crippen molar-refractivity contribution in [1.29, 1.82) is 0 Å². The highest BCUT2D eigenvalue weighted by Gasteiger charge is 2.29. The largest absolute Gasteiger partial charge is 0.366 e. The van der Waals surface area contributed by atoms with Gasteiger partial charge in [-0.15, -0.1) is 0 Å². The predicted molar refractivity (Wildman–Crippen MR) is 82.1 cm³/mol. The van der Waals surface area contributed by atoms with Crippen LogP contribution in [0.2, 0.25) is 0 Å². The molecule has 2 aliphatic heterocycles. The van der Waals surface area contributed by atoms with Crippen LogP contribution in [0.5, 0.6) is 0 Å². The molecule has 2 aliphatic rings. The Balaban J connectivity index is 1.67. The maximum atomic E-state index is 11.1. The zero-order valence-corrected chi connectivity index (χ0v) is 12.2. The van der Waals surface area contributed by atoms with Crippen molar-refractivity contribution < 1.29 is 4.92 Å². The van der Waals surface area contributed by atoms with Gasteiger partial charge in [-0.05, 0) is 25.3 Å². The first-order chi connectivity index (χ1) is 9.75. The van der Waals surface area contributed by atoms with Crippen LogP contribution in [0.4, 0.5) is 11.4 Å².